The van der Waals surface area contributed by atoms with E-state index in [4.69, 9.17) is 0 Å². The van der Waals surface area contributed by atoms with Gasteiger partial charge in [-0.2, -0.15) is 0 Å². The lowest BCUT2D eigenvalue weighted by atomic mass is 10.2. The van der Waals surface area contributed by atoms with Crippen LogP contribution in [0.4, 0.5) is 0 Å². The molecule has 0 radical (unpaired) electrons. The van der Waals surface area contributed by atoms with Gasteiger partial charge in [-0.3, -0.25) is 0 Å². The molecule has 2 heterocycles. The minimum absolute atomic E-state index is 0.966. The SMILES string of the molecule is C=Cn1c2ccccc2c2cccnc21. The summed E-state index contributed by atoms with van der Waals surface area (Å²) in [6.45, 7) is 3.83. The molecule has 1 aromatic carbocycles. The second-order valence-electron chi connectivity index (χ2n) is 3.44. The summed E-state index contributed by atoms with van der Waals surface area (Å²) in [5.41, 5.74) is 2.12. The van der Waals surface area contributed by atoms with Crippen LogP contribution in [0.5, 0.6) is 0 Å². The highest BCUT2D eigenvalue weighted by atomic mass is 15.0. The van der Waals surface area contributed by atoms with Crippen LogP contribution in [0, 0.1) is 0 Å². The van der Waals surface area contributed by atoms with E-state index in [9.17, 15) is 0 Å². The summed E-state index contributed by atoms with van der Waals surface area (Å²) in [7, 11) is 0. The average Bonchev–Trinajstić information content (AvgIpc) is 2.63. The maximum atomic E-state index is 4.38. The van der Waals surface area contributed by atoms with Crippen molar-refractivity contribution >= 4 is 28.1 Å². The summed E-state index contributed by atoms with van der Waals surface area (Å²) >= 11 is 0. The lowest BCUT2D eigenvalue weighted by Crippen LogP contribution is -1.85. The number of benzene rings is 1. The Morgan fingerprint density at radius 1 is 1.07 bits per heavy atom. The zero-order valence-corrected chi connectivity index (χ0v) is 8.22. The van der Waals surface area contributed by atoms with Crippen molar-refractivity contribution in [3.63, 3.8) is 0 Å². The first-order valence-corrected chi connectivity index (χ1v) is 4.88. The van der Waals surface area contributed by atoms with Gasteiger partial charge in [-0.1, -0.05) is 24.8 Å². The molecule has 2 aromatic heterocycles. The molecule has 72 valence electrons. The first kappa shape index (κ1) is 8.24. The molecule has 0 N–H and O–H groups in total. The van der Waals surface area contributed by atoms with Crippen LogP contribution in [0.1, 0.15) is 0 Å². The molecule has 0 fully saturated rings. The number of hydrogen-bond acceptors (Lipinski definition) is 1. The fourth-order valence-corrected chi connectivity index (χ4v) is 2.01. The number of para-hydroxylation sites is 1. The molecule has 0 aliphatic heterocycles. The number of rotatable bonds is 1. The lowest BCUT2D eigenvalue weighted by Gasteiger charge is -1.96. The number of hydrogen-bond donors (Lipinski definition) is 0. The Labute approximate surface area is 87.5 Å². The van der Waals surface area contributed by atoms with E-state index in [0.29, 0.717) is 0 Å². The van der Waals surface area contributed by atoms with Gasteiger partial charge in [0, 0.05) is 23.2 Å². The molecule has 0 saturated heterocycles. The maximum Gasteiger partial charge on any atom is 0.145 e. The van der Waals surface area contributed by atoms with E-state index in [-0.39, 0.29) is 0 Å². The summed E-state index contributed by atoms with van der Waals surface area (Å²) in [5.74, 6) is 0. The number of aromatic nitrogens is 2. The first-order valence-electron chi connectivity index (χ1n) is 4.88. The van der Waals surface area contributed by atoms with Crippen molar-refractivity contribution in [1.82, 2.24) is 9.55 Å². The smallest absolute Gasteiger partial charge is 0.145 e. The van der Waals surface area contributed by atoms with Crippen LogP contribution in [0.3, 0.4) is 0 Å². The van der Waals surface area contributed by atoms with Crippen molar-refractivity contribution in [2.45, 2.75) is 0 Å². The van der Waals surface area contributed by atoms with Gasteiger partial charge >= 0.3 is 0 Å². The second-order valence-corrected chi connectivity index (χ2v) is 3.44. The van der Waals surface area contributed by atoms with Crippen molar-refractivity contribution < 1.29 is 0 Å². The maximum absolute atomic E-state index is 4.38. The predicted octanol–water partition coefficient (Wildman–Crippen LogP) is 3.29. The van der Waals surface area contributed by atoms with Crippen LogP contribution in [-0.2, 0) is 0 Å². The zero-order chi connectivity index (χ0) is 10.3. The molecule has 0 atom stereocenters. The van der Waals surface area contributed by atoms with Gasteiger partial charge in [0.25, 0.3) is 0 Å². The van der Waals surface area contributed by atoms with Gasteiger partial charge < -0.3 is 4.57 Å². The third kappa shape index (κ3) is 1.02. The van der Waals surface area contributed by atoms with Crippen molar-refractivity contribution in [1.29, 1.82) is 0 Å². The number of nitrogens with zero attached hydrogens (tertiary/aromatic N) is 2. The fraction of sp³-hybridized carbons (Fsp3) is 0. The van der Waals surface area contributed by atoms with Crippen LogP contribution >= 0.6 is 0 Å². The molecule has 0 aliphatic rings. The molecule has 0 aliphatic carbocycles. The van der Waals surface area contributed by atoms with Gasteiger partial charge in [-0.15, -0.1) is 0 Å². The summed E-state index contributed by atoms with van der Waals surface area (Å²) in [6.07, 6.45) is 3.61. The molecule has 3 rings (SSSR count). The van der Waals surface area contributed by atoms with E-state index in [1.807, 2.05) is 22.8 Å². The van der Waals surface area contributed by atoms with Crippen molar-refractivity contribution in [3.05, 3.63) is 49.2 Å². The lowest BCUT2D eigenvalue weighted by molar-refractivity contribution is 1.22. The van der Waals surface area contributed by atoms with Crippen LogP contribution in [0.2, 0.25) is 0 Å². The summed E-state index contributed by atoms with van der Waals surface area (Å²) in [6, 6.07) is 12.3. The number of pyridine rings is 1. The molecule has 0 bridgehead atoms. The molecule has 0 saturated carbocycles. The Bertz CT molecular complexity index is 596. The van der Waals surface area contributed by atoms with Crippen molar-refractivity contribution in [3.8, 4) is 0 Å². The number of fused-ring (bicyclic) bond motifs is 3. The Hall–Kier alpha value is -2.09. The highest BCUT2D eigenvalue weighted by molar-refractivity contribution is 6.07. The molecular formula is C13H10N2. The largest absolute Gasteiger partial charge is 0.301 e. The molecule has 0 unspecified atom stereocenters. The standard InChI is InChI=1S/C13H10N2/c1-2-15-12-8-4-3-6-10(12)11-7-5-9-14-13(11)15/h2-9H,1H2. The molecule has 2 heteroatoms. The van der Waals surface area contributed by atoms with E-state index in [0.717, 1.165) is 11.2 Å². The molecule has 15 heavy (non-hydrogen) atoms. The van der Waals surface area contributed by atoms with Crippen molar-refractivity contribution in [2.24, 2.45) is 0 Å². The Morgan fingerprint density at radius 3 is 2.73 bits per heavy atom. The van der Waals surface area contributed by atoms with Gasteiger partial charge in [0.15, 0.2) is 0 Å². The normalized spacial score (nSPS) is 10.9. The summed E-state index contributed by atoms with van der Waals surface area (Å²) < 4.78 is 2.02. The Morgan fingerprint density at radius 2 is 1.87 bits per heavy atom. The molecular weight excluding hydrogens is 184 g/mol. The molecule has 0 spiro atoms. The topological polar surface area (TPSA) is 17.8 Å². The zero-order valence-electron chi connectivity index (χ0n) is 8.22. The quantitative estimate of drug-likeness (QED) is 0.581. The van der Waals surface area contributed by atoms with E-state index in [2.05, 4.69) is 29.8 Å². The predicted molar refractivity (Wildman–Crippen MR) is 63.6 cm³/mol. The summed E-state index contributed by atoms with van der Waals surface area (Å²) in [4.78, 5) is 4.38. The third-order valence-electron chi connectivity index (χ3n) is 2.65. The highest BCUT2D eigenvalue weighted by Gasteiger charge is 2.07. The van der Waals surface area contributed by atoms with Crippen molar-refractivity contribution in [2.75, 3.05) is 0 Å². The molecule has 3 aromatic rings. The van der Waals surface area contributed by atoms with Crippen LogP contribution in [0.25, 0.3) is 28.1 Å². The van der Waals surface area contributed by atoms with Gasteiger partial charge in [0.1, 0.15) is 5.65 Å². The first-order chi connectivity index (χ1) is 7.42. The van der Waals surface area contributed by atoms with Gasteiger partial charge in [-0.25, -0.2) is 4.98 Å². The summed E-state index contributed by atoms with van der Waals surface area (Å²) in [5, 5.41) is 2.40. The monoisotopic (exact) mass is 194 g/mol. The Kier molecular flexibility index (Phi) is 1.62. The second kappa shape index (κ2) is 2.95. The average molecular weight is 194 g/mol. The van der Waals surface area contributed by atoms with E-state index in [1.54, 1.807) is 12.4 Å². The highest BCUT2D eigenvalue weighted by Crippen LogP contribution is 2.26. The molecule has 0 amide bonds. The third-order valence-corrected chi connectivity index (χ3v) is 2.65. The van der Waals surface area contributed by atoms with Crippen LogP contribution in [-0.4, -0.2) is 9.55 Å². The van der Waals surface area contributed by atoms with E-state index < -0.39 is 0 Å². The van der Waals surface area contributed by atoms with Gasteiger partial charge in [-0.05, 0) is 18.2 Å². The minimum atomic E-state index is 0.966. The van der Waals surface area contributed by atoms with Crippen LogP contribution in [0.15, 0.2) is 49.2 Å². The minimum Gasteiger partial charge on any atom is -0.301 e. The van der Waals surface area contributed by atoms with E-state index >= 15 is 0 Å². The van der Waals surface area contributed by atoms with Gasteiger partial charge in [0.2, 0.25) is 0 Å². The van der Waals surface area contributed by atoms with Gasteiger partial charge in [0.05, 0.1) is 5.52 Å². The van der Waals surface area contributed by atoms with E-state index in [1.165, 1.54) is 10.8 Å². The Balaban J connectivity index is 2.68. The van der Waals surface area contributed by atoms with Crippen LogP contribution < -0.4 is 0 Å². The molecule has 2 nitrogen and oxygen atoms in total. The fourth-order valence-electron chi connectivity index (χ4n) is 2.01.